The Morgan fingerprint density at radius 1 is 0.952 bits per heavy atom. The molecule has 0 atom stereocenters. The molecule has 0 saturated heterocycles. The molecule has 0 bridgehead atoms. The van der Waals surface area contributed by atoms with Gasteiger partial charge in [0.05, 0.1) is 4.90 Å². The number of nitrogen functional groups attached to an aromatic ring is 1. The van der Waals surface area contributed by atoms with Crippen LogP contribution in [0.3, 0.4) is 0 Å². The predicted molar refractivity (Wildman–Crippen MR) is 73.6 cm³/mol. The minimum atomic E-state index is -3.87. The van der Waals surface area contributed by atoms with Crippen molar-refractivity contribution in [2.45, 2.75) is 18.0 Å². The molecule has 0 unspecified atom stereocenters. The van der Waals surface area contributed by atoms with Crippen LogP contribution in [0.15, 0.2) is 41.3 Å². The van der Waals surface area contributed by atoms with Crippen molar-refractivity contribution in [2.24, 2.45) is 0 Å². The topological polar surface area (TPSA) is 63.4 Å². The molecule has 1 aliphatic heterocycles. The fraction of sp³-hybridized carbons (Fsp3) is 0.143. The summed E-state index contributed by atoms with van der Waals surface area (Å²) in [6.45, 7) is 0.360. The van der Waals surface area contributed by atoms with Crippen LogP contribution in [-0.4, -0.2) is 12.7 Å². The van der Waals surface area contributed by atoms with E-state index in [0.29, 0.717) is 11.8 Å². The Kier molecular flexibility index (Phi) is 3.18. The number of rotatable bonds is 2. The van der Waals surface area contributed by atoms with Crippen LogP contribution in [0.4, 0.5) is 14.5 Å². The molecule has 7 heteroatoms. The van der Waals surface area contributed by atoms with Crippen molar-refractivity contribution >= 4 is 15.7 Å². The van der Waals surface area contributed by atoms with Gasteiger partial charge in [0.1, 0.15) is 0 Å². The highest BCUT2D eigenvalue weighted by Gasteiger charge is 2.31. The maximum absolute atomic E-state index is 13.2. The zero-order chi connectivity index (χ0) is 15.2. The molecular formula is C14H12F2N2O2S. The summed E-state index contributed by atoms with van der Waals surface area (Å²) in [5.41, 5.74) is 7.91. The van der Waals surface area contributed by atoms with E-state index >= 15 is 0 Å². The largest absolute Gasteiger partial charge is 0.399 e. The molecule has 2 aromatic carbocycles. The number of hydrogen-bond donors (Lipinski definition) is 1. The van der Waals surface area contributed by atoms with Crippen molar-refractivity contribution in [3.63, 3.8) is 0 Å². The first-order chi connectivity index (χ1) is 9.88. The van der Waals surface area contributed by atoms with Gasteiger partial charge in [0, 0.05) is 18.8 Å². The predicted octanol–water partition coefficient (Wildman–Crippen LogP) is 2.25. The Hall–Kier alpha value is -1.99. The smallest absolute Gasteiger partial charge is 0.243 e. The number of nitrogens with two attached hydrogens (primary N) is 1. The molecule has 110 valence electrons. The van der Waals surface area contributed by atoms with Gasteiger partial charge >= 0.3 is 0 Å². The number of halogens is 2. The fourth-order valence-electron chi connectivity index (χ4n) is 2.34. The Labute approximate surface area is 120 Å². The van der Waals surface area contributed by atoms with Crippen LogP contribution in [0.1, 0.15) is 11.1 Å². The standard InChI is InChI=1S/C14H12F2N2O2S/c15-13-4-3-12(6-14(13)16)21(19,20)18-7-9-1-2-11(17)5-10(9)8-18/h1-6H,7-8,17H2. The zero-order valence-electron chi connectivity index (χ0n) is 10.9. The highest BCUT2D eigenvalue weighted by Crippen LogP contribution is 2.30. The normalized spacial score (nSPS) is 15.1. The Balaban J connectivity index is 1.96. The molecule has 1 heterocycles. The molecule has 3 rings (SSSR count). The van der Waals surface area contributed by atoms with Gasteiger partial charge in [0.2, 0.25) is 10.0 Å². The third-order valence-corrected chi connectivity index (χ3v) is 5.24. The van der Waals surface area contributed by atoms with E-state index in [1.54, 1.807) is 18.2 Å². The van der Waals surface area contributed by atoms with Crippen LogP contribution in [0.2, 0.25) is 0 Å². The van der Waals surface area contributed by atoms with E-state index in [-0.39, 0.29) is 18.0 Å². The zero-order valence-corrected chi connectivity index (χ0v) is 11.7. The summed E-state index contributed by atoms with van der Waals surface area (Å²) in [4.78, 5) is -0.262. The van der Waals surface area contributed by atoms with Crippen LogP contribution in [0.25, 0.3) is 0 Å². The van der Waals surface area contributed by atoms with Crippen molar-refractivity contribution in [3.8, 4) is 0 Å². The number of fused-ring (bicyclic) bond motifs is 1. The molecule has 0 aliphatic carbocycles. The van der Waals surface area contributed by atoms with E-state index in [4.69, 9.17) is 5.73 Å². The van der Waals surface area contributed by atoms with Gasteiger partial charge in [-0.3, -0.25) is 0 Å². The summed E-state index contributed by atoms with van der Waals surface area (Å²) in [6.07, 6.45) is 0. The second-order valence-electron chi connectivity index (χ2n) is 4.88. The van der Waals surface area contributed by atoms with E-state index in [1.807, 2.05) is 0 Å². The number of sulfonamides is 1. The molecule has 4 nitrogen and oxygen atoms in total. The van der Waals surface area contributed by atoms with E-state index < -0.39 is 21.7 Å². The van der Waals surface area contributed by atoms with Crippen LogP contribution < -0.4 is 5.73 Å². The molecule has 0 aromatic heterocycles. The number of benzene rings is 2. The van der Waals surface area contributed by atoms with Gasteiger partial charge in [-0.25, -0.2) is 17.2 Å². The lowest BCUT2D eigenvalue weighted by atomic mass is 10.1. The Morgan fingerprint density at radius 3 is 2.38 bits per heavy atom. The van der Waals surface area contributed by atoms with Crippen molar-refractivity contribution < 1.29 is 17.2 Å². The van der Waals surface area contributed by atoms with Gasteiger partial charge in [0.15, 0.2) is 11.6 Å². The van der Waals surface area contributed by atoms with E-state index in [2.05, 4.69) is 0 Å². The summed E-state index contributed by atoms with van der Waals surface area (Å²) in [7, 11) is -3.87. The highest BCUT2D eigenvalue weighted by molar-refractivity contribution is 7.89. The van der Waals surface area contributed by atoms with Crippen molar-refractivity contribution in [1.29, 1.82) is 0 Å². The summed E-state index contributed by atoms with van der Waals surface area (Å²) in [5.74, 6) is -2.26. The molecule has 2 N–H and O–H groups in total. The third kappa shape index (κ3) is 2.38. The second-order valence-corrected chi connectivity index (χ2v) is 6.82. The van der Waals surface area contributed by atoms with Crippen LogP contribution >= 0.6 is 0 Å². The van der Waals surface area contributed by atoms with Gasteiger partial charge in [-0.2, -0.15) is 4.31 Å². The Bertz CT molecular complexity index is 822. The van der Waals surface area contributed by atoms with Crippen LogP contribution in [-0.2, 0) is 23.1 Å². The molecule has 1 aliphatic rings. The summed E-state index contributed by atoms with van der Waals surface area (Å²) < 4.78 is 52.3. The molecule has 0 amide bonds. The summed E-state index contributed by atoms with van der Waals surface area (Å²) >= 11 is 0. The minimum absolute atomic E-state index is 0.168. The SMILES string of the molecule is Nc1ccc2c(c1)CN(S(=O)(=O)c1ccc(F)c(F)c1)C2. The first-order valence-corrected chi connectivity index (χ1v) is 7.64. The quantitative estimate of drug-likeness (QED) is 0.865. The van der Waals surface area contributed by atoms with Crippen molar-refractivity contribution in [2.75, 3.05) is 5.73 Å². The van der Waals surface area contributed by atoms with Gasteiger partial charge < -0.3 is 5.73 Å². The molecule has 21 heavy (non-hydrogen) atoms. The lowest BCUT2D eigenvalue weighted by Crippen LogP contribution is -2.25. The second kappa shape index (κ2) is 4.78. The number of hydrogen-bond acceptors (Lipinski definition) is 3. The number of anilines is 1. The lowest BCUT2D eigenvalue weighted by molar-refractivity contribution is 0.430. The van der Waals surface area contributed by atoms with Gasteiger partial charge in [-0.05, 0) is 41.5 Å². The van der Waals surface area contributed by atoms with Crippen molar-refractivity contribution in [1.82, 2.24) is 4.31 Å². The van der Waals surface area contributed by atoms with Gasteiger partial charge in [-0.1, -0.05) is 6.07 Å². The summed E-state index contributed by atoms with van der Waals surface area (Å²) in [5, 5.41) is 0. The fourth-order valence-corrected chi connectivity index (χ4v) is 3.75. The Morgan fingerprint density at radius 2 is 1.67 bits per heavy atom. The monoisotopic (exact) mass is 310 g/mol. The van der Waals surface area contributed by atoms with Crippen LogP contribution in [0, 0.1) is 11.6 Å². The third-order valence-electron chi connectivity index (χ3n) is 3.45. The summed E-state index contributed by atoms with van der Waals surface area (Å²) in [6, 6.07) is 7.75. The first kappa shape index (κ1) is 14.0. The van der Waals surface area contributed by atoms with Crippen molar-refractivity contribution in [3.05, 3.63) is 59.2 Å². The first-order valence-electron chi connectivity index (χ1n) is 6.20. The van der Waals surface area contributed by atoms with Gasteiger partial charge in [0.25, 0.3) is 0 Å². The van der Waals surface area contributed by atoms with Gasteiger partial charge in [-0.15, -0.1) is 0 Å². The van der Waals surface area contributed by atoms with E-state index in [0.717, 1.165) is 23.3 Å². The molecule has 0 saturated carbocycles. The number of nitrogens with zero attached hydrogens (tertiary/aromatic N) is 1. The van der Waals surface area contributed by atoms with E-state index in [1.165, 1.54) is 4.31 Å². The molecule has 0 fully saturated rings. The molecule has 0 radical (unpaired) electrons. The molecule has 2 aromatic rings. The van der Waals surface area contributed by atoms with Crippen LogP contribution in [0.5, 0.6) is 0 Å². The highest BCUT2D eigenvalue weighted by atomic mass is 32.2. The average molecular weight is 310 g/mol. The average Bonchev–Trinajstić information content (AvgIpc) is 2.85. The molecular weight excluding hydrogens is 298 g/mol. The molecule has 0 spiro atoms. The maximum atomic E-state index is 13.2. The lowest BCUT2D eigenvalue weighted by Gasteiger charge is -2.15. The van der Waals surface area contributed by atoms with E-state index in [9.17, 15) is 17.2 Å². The maximum Gasteiger partial charge on any atom is 0.243 e. The minimum Gasteiger partial charge on any atom is -0.399 e.